The lowest BCUT2D eigenvalue weighted by atomic mass is 10.0. The Morgan fingerprint density at radius 1 is 1.07 bits per heavy atom. The molecule has 0 fully saturated rings. The molecule has 28 heavy (non-hydrogen) atoms. The van der Waals surface area contributed by atoms with Gasteiger partial charge in [0.15, 0.2) is 0 Å². The standard InChI is InChI=1S/C24H27NO3/c1-3-22(28-24(26)4-2)8-6-5-7-17-27-23-15-13-21(14-16-23)20-11-9-19(18-25)10-12-20/h4,9-16,22H,2-3,5-8,17H2,1H3. The maximum atomic E-state index is 11.2. The molecule has 0 aromatic heterocycles. The second-order valence-corrected chi connectivity index (χ2v) is 6.58. The van der Waals surface area contributed by atoms with Crippen LogP contribution in [0.1, 0.15) is 44.6 Å². The smallest absolute Gasteiger partial charge is 0.330 e. The van der Waals surface area contributed by atoms with Crippen LogP contribution in [0.15, 0.2) is 61.2 Å². The predicted octanol–water partition coefficient (Wildman–Crippen LogP) is 5.67. The second-order valence-electron chi connectivity index (χ2n) is 6.58. The summed E-state index contributed by atoms with van der Waals surface area (Å²) in [6, 6.07) is 17.6. The number of hydrogen-bond acceptors (Lipinski definition) is 4. The molecule has 4 nitrogen and oxygen atoms in total. The van der Waals surface area contributed by atoms with Crippen LogP contribution in [0.3, 0.4) is 0 Å². The van der Waals surface area contributed by atoms with E-state index in [4.69, 9.17) is 14.7 Å². The second kappa shape index (κ2) is 11.6. The van der Waals surface area contributed by atoms with Crippen molar-refractivity contribution in [3.8, 4) is 22.9 Å². The minimum Gasteiger partial charge on any atom is -0.494 e. The van der Waals surface area contributed by atoms with Crippen LogP contribution < -0.4 is 4.74 Å². The summed E-state index contributed by atoms with van der Waals surface area (Å²) in [5, 5.41) is 8.87. The first-order chi connectivity index (χ1) is 13.7. The third-order valence-electron chi connectivity index (χ3n) is 4.55. The van der Waals surface area contributed by atoms with Gasteiger partial charge in [-0.25, -0.2) is 4.79 Å². The molecule has 0 aliphatic heterocycles. The zero-order valence-corrected chi connectivity index (χ0v) is 16.4. The highest BCUT2D eigenvalue weighted by atomic mass is 16.5. The van der Waals surface area contributed by atoms with Crippen molar-refractivity contribution in [1.29, 1.82) is 5.26 Å². The van der Waals surface area contributed by atoms with Gasteiger partial charge in [0.1, 0.15) is 11.9 Å². The van der Waals surface area contributed by atoms with E-state index in [-0.39, 0.29) is 12.1 Å². The maximum Gasteiger partial charge on any atom is 0.330 e. The molecular formula is C24H27NO3. The van der Waals surface area contributed by atoms with Gasteiger partial charge in [0.2, 0.25) is 0 Å². The van der Waals surface area contributed by atoms with Gasteiger partial charge >= 0.3 is 5.97 Å². The van der Waals surface area contributed by atoms with Gasteiger partial charge in [0, 0.05) is 6.08 Å². The van der Waals surface area contributed by atoms with Gasteiger partial charge in [-0.1, -0.05) is 37.8 Å². The molecule has 0 aliphatic rings. The molecular weight excluding hydrogens is 350 g/mol. The monoisotopic (exact) mass is 377 g/mol. The van der Waals surface area contributed by atoms with Gasteiger partial charge in [-0.05, 0) is 67.5 Å². The number of esters is 1. The molecule has 146 valence electrons. The van der Waals surface area contributed by atoms with Gasteiger partial charge in [-0.15, -0.1) is 0 Å². The van der Waals surface area contributed by atoms with Gasteiger partial charge in [0.05, 0.1) is 18.2 Å². The molecule has 4 heteroatoms. The van der Waals surface area contributed by atoms with Crippen LogP contribution in [0.5, 0.6) is 5.75 Å². The summed E-state index contributed by atoms with van der Waals surface area (Å²) in [7, 11) is 0. The fraction of sp³-hybridized carbons (Fsp3) is 0.333. The molecule has 0 aliphatic carbocycles. The Kier molecular flexibility index (Phi) is 8.81. The molecule has 0 N–H and O–H groups in total. The normalized spacial score (nSPS) is 11.3. The van der Waals surface area contributed by atoms with Gasteiger partial charge in [-0.3, -0.25) is 0 Å². The number of nitrogens with zero attached hydrogens (tertiary/aromatic N) is 1. The summed E-state index contributed by atoms with van der Waals surface area (Å²) in [6.45, 7) is 6.11. The average molecular weight is 377 g/mol. The lowest BCUT2D eigenvalue weighted by molar-refractivity contribution is -0.143. The minimum atomic E-state index is -0.348. The number of carbonyl (C=O) groups excluding carboxylic acids is 1. The van der Waals surface area contributed by atoms with E-state index in [2.05, 4.69) is 12.6 Å². The molecule has 2 aromatic rings. The molecule has 0 saturated heterocycles. The lowest BCUT2D eigenvalue weighted by Crippen LogP contribution is -2.15. The van der Waals surface area contributed by atoms with E-state index in [0.717, 1.165) is 49.0 Å². The number of carbonyl (C=O) groups is 1. The molecule has 0 radical (unpaired) electrons. The van der Waals surface area contributed by atoms with E-state index in [1.165, 1.54) is 6.08 Å². The molecule has 0 amide bonds. The number of unbranched alkanes of at least 4 members (excludes halogenated alkanes) is 2. The lowest BCUT2D eigenvalue weighted by Gasteiger charge is -2.14. The Balaban J connectivity index is 1.68. The number of hydrogen-bond donors (Lipinski definition) is 0. The van der Waals surface area contributed by atoms with Crippen molar-refractivity contribution in [2.45, 2.75) is 45.1 Å². The fourth-order valence-corrected chi connectivity index (χ4v) is 2.88. The highest BCUT2D eigenvalue weighted by Crippen LogP contribution is 2.23. The van der Waals surface area contributed by atoms with E-state index >= 15 is 0 Å². The highest BCUT2D eigenvalue weighted by Gasteiger charge is 2.09. The van der Waals surface area contributed by atoms with Crippen LogP contribution in [-0.2, 0) is 9.53 Å². The molecule has 1 atom stereocenters. The number of nitriles is 1. The van der Waals surface area contributed by atoms with Crippen molar-refractivity contribution in [3.63, 3.8) is 0 Å². The summed E-state index contributed by atoms with van der Waals surface area (Å²) < 4.78 is 11.1. The van der Waals surface area contributed by atoms with Crippen LogP contribution in [0.4, 0.5) is 0 Å². The van der Waals surface area contributed by atoms with E-state index in [1.807, 2.05) is 55.5 Å². The van der Waals surface area contributed by atoms with Crippen molar-refractivity contribution < 1.29 is 14.3 Å². The van der Waals surface area contributed by atoms with Gasteiger partial charge in [-0.2, -0.15) is 5.26 Å². The summed E-state index contributed by atoms with van der Waals surface area (Å²) >= 11 is 0. The Morgan fingerprint density at radius 2 is 1.71 bits per heavy atom. The third kappa shape index (κ3) is 6.92. The van der Waals surface area contributed by atoms with Crippen LogP contribution in [0.25, 0.3) is 11.1 Å². The minimum absolute atomic E-state index is 0.0267. The number of ether oxygens (including phenoxy) is 2. The Morgan fingerprint density at radius 3 is 2.29 bits per heavy atom. The Labute approximate surface area is 167 Å². The predicted molar refractivity (Wildman–Crippen MR) is 111 cm³/mol. The van der Waals surface area contributed by atoms with E-state index < -0.39 is 0 Å². The first-order valence-electron chi connectivity index (χ1n) is 9.72. The van der Waals surface area contributed by atoms with Crippen molar-refractivity contribution in [2.24, 2.45) is 0 Å². The van der Waals surface area contributed by atoms with Gasteiger partial charge < -0.3 is 9.47 Å². The molecule has 2 rings (SSSR count). The van der Waals surface area contributed by atoms with Crippen LogP contribution in [-0.4, -0.2) is 18.7 Å². The Bertz CT molecular complexity index is 788. The quantitative estimate of drug-likeness (QED) is 0.287. The molecule has 2 aromatic carbocycles. The van der Waals surface area contributed by atoms with Gasteiger partial charge in [0.25, 0.3) is 0 Å². The largest absolute Gasteiger partial charge is 0.494 e. The summed E-state index contributed by atoms with van der Waals surface area (Å²) in [6.07, 6.45) is 5.87. The summed E-state index contributed by atoms with van der Waals surface area (Å²) in [4.78, 5) is 11.2. The summed E-state index contributed by atoms with van der Waals surface area (Å²) in [5.41, 5.74) is 2.83. The van der Waals surface area contributed by atoms with Crippen molar-refractivity contribution in [1.82, 2.24) is 0 Å². The zero-order chi connectivity index (χ0) is 20.2. The topological polar surface area (TPSA) is 59.3 Å². The van der Waals surface area contributed by atoms with E-state index in [9.17, 15) is 4.79 Å². The fourth-order valence-electron chi connectivity index (χ4n) is 2.88. The highest BCUT2D eigenvalue weighted by molar-refractivity contribution is 5.81. The van der Waals surface area contributed by atoms with Crippen molar-refractivity contribution >= 4 is 5.97 Å². The van der Waals surface area contributed by atoms with Crippen molar-refractivity contribution in [3.05, 3.63) is 66.7 Å². The van der Waals surface area contributed by atoms with Crippen LogP contribution in [0.2, 0.25) is 0 Å². The van der Waals surface area contributed by atoms with E-state index in [1.54, 1.807) is 0 Å². The van der Waals surface area contributed by atoms with E-state index in [0.29, 0.717) is 12.2 Å². The molecule has 0 bridgehead atoms. The third-order valence-corrected chi connectivity index (χ3v) is 4.55. The number of benzene rings is 2. The first kappa shape index (κ1) is 21.2. The maximum absolute atomic E-state index is 11.2. The molecule has 0 saturated carbocycles. The first-order valence-corrected chi connectivity index (χ1v) is 9.72. The zero-order valence-electron chi connectivity index (χ0n) is 16.4. The summed E-state index contributed by atoms with van der Waals surface area (Å²) in [5.74, 6) is 0.503. The number of rotatable bonds is 11. The molecule has 1 unspecified atom stereocenters. The molecule has 0 spiro atoms. The van der Waals surface area contributed by atoms with Crippen LogP contribution >= 0.6 is 0 Å². The average Bonchev–Trinajstić information content (AvgIpc) is 2.75. The van der Waals surface area contributed by atoms with Crippen LogP contribution in [0, 0.1) is 11.3 Å². The van der Waals surface area contributed by atoms with Crippen molar-refractivity contribution in [2.75, 3.05) is 6.61 Å². The molecule has 0 heterocycles. The Hall–Kier alpha value is -3.06. The SMILES string of the molecule is C=CC(=O)OC(CC)CCCCCOc1ccc(-c2ccc(C#N)cc2)cc1.